The van der Waals surface area contributed by atoms with E-state index in [0.717, 1.165) is 16.7 Å². The first kappa shape index (κ1) is 32.9. The lowest BCUT2D eigenvalue weighted by molar-refractivity contribution is -0.141. The maximum atomic E-state index is 13.8. The van der Waals surface area contributed by atoms with Gasteiger partial charge < -0.3 is 38.5 Å². The highest BCUT2D eigenvalue weighted by molar-refractivity contribution is 7.92. The van der Waals surface area contributed by atoms with Crippen LogP contribution in [0.1, 0.15) is 39.0 Å². The van der Waals surface area contributed by atoms with Crippen LogP contribution in [0.5, 0.6) is 34.5 Å². The van der Waals surface area contributed by atoms with Crippen molar-refractivity contribution < 1.29 is 51.2 Å². The van der Waals surface area contributed by atoms with Crippen molar-refractivity contribution in [2.75, 3.05) is 46.6 Å². The Labute approximate surface area is 288 Å². The number of sulfonamides is 1. The first-order valence-electron chi connectivity index (χ1n) is 15.6. The molecule has 0 aromatic heterocycles. The third kappa shape index (κ3) is 5.74. The zero-order valence-corrected chi connectivity index (χ0v) is 28.4. The summed E-state index contributed by atoms with van der Waals surface area (Å²) in [6, 6.07) is 18.7. The van der Waals surface area contributed by atoms with Gasteiger partial charge in [-0.1, -0.05) is 0 Å². The monoisotopic (exact) mass is 702 g/mol. The number of rotatable bonds is 10. The van der Waals surface area contributed by atoms with E-state index in [-0.39, 0.29) is 29.5 Å². The van der Waals surface area contributed by atoms with Gasteiger partial charge in [0.25, 0.3) is 15.9 Å². The lowest BCUT2D eigenvalue weighted by Crippen LogP contribution is -2.42. The molecule has 50 heavy (non-hydrogen) atoms. The number of cyclic esters (lactones) is 1. The number of ether oxygens (including phenoxy) is 7. The van der Waals surface area contributed by atoms with Crippen LogP contribution in [0.3, 0.4) is 0 Å². The summed E-state index contributed by atoms with van der Waals surface area (Å²) in [6.07, 6.45) is 0. The molecule has 1 fully saturated rings. The average molecular weight is 703 g/mol. The van der Waals surface area contributed by atoms with Gasteiger partial charge in [0.1, 0.15) is 5.75 Å². The molecular formula is C36H34N2O11S. The highest BCUT2D eigenvalue weighted by Crippen LogP contribution is 2.55. The van der Waals surface area contributed by atoms with E-state index in [0.29, 0.717) is 34.5 Å². The van der Waals surface area contributed by atoms with E-state index in [1.165, 1.54) is 64.8 Å². The minimum atomic E-state index is -3.89. The topological polar surface area (TPSA) is 157 Å². The third-order valence-electron chi connectivity index (χ3n) is 9.29. The van der Waals surface area contributed by atoms with Crippen molar-refractivity contribution in [3.05, 3.63) is 95.1 Å². The molecule has 2 heterocycles. The summed E-state index contributed by atoms with van der Waals surface area (Å²) in [5.74, 6) is 0.376. The number of carbonyl (C=O) groups excluding carboxylic acids is 2. The zero-order chi connectivity index (χ0) is 35.2. The summed E-state index contributed by atoms with van der Waals surface area (Å²) in [5, 5.41) is 3.13. The maximum Gasteiger partial charge on any atom is 0.310 e. The molecule has 2 aliphatic heterocycles. The highest BCUT2D eigenvalue weighted by Gasteiger charge is 2.53. The Kier molecular flexibility index (Phi) is 8.56. The standard InChI is InChI=1S/C36H34N2O11S/c1-43-22-9-11-23(12-10-22)50(41,42)38-21-7-5-19(6-8-21)35(39)37-33-25-16-28-27(48-18-49-28)15-24(25)31(32-26(33)17-47-36(32)40)20-13-29(44-2)34(46-4)30(14-20)45-3/h5-16,26,31-33,38H,17-18H2,1-4H3,(H,37,39)/t26-,31+,32-,33+/m0/s1. The van der Waals surface area contributed by atoms with E-state index in [4.69, 9.17) is 33.2 Å². The van der Waals surface area contributed by atoms with E-state index in [1.807, 2.05) is 24.3 Å². The number of methoxy groups -OCH3 is 4. The number of esters is 1. The molecule has 3 aliphatic rings. The Balaban J connectivity index is 1.21. The molecule has 0 spiro atoms. The van der Waals surface area contributed by atoms with Crippen LogP contribution in [0.4, 0.5) is 5.69 Å². The fourth-order valence-electron chi connectivity index (χ4n) is 6.91. The molecule has 1 amide bonds. The summed E-state index contributed by atoms with van der Waals surface area (Å²) in [5.41, 5.74) is 2.78. The summed E-state index contributed by atoms with van der Waals surface area (Å²) < 4.78 is 67.4. The smallest absolute Gasteiger partial charge is 0.310 e. The largest absolute Gasteiger partial charge is 0.497 e. The van der Waals surface area contributed by atoms with Gasteiger partial charge in [-0.25, -0.2) is 8.42 Å². The van der Waals surface area contributed by atoms with Crippen molar-refractivity contribution >= 4 is 27.6 Å². The molecule has 13 nitrogen and oxygen atoms in total. The molecule has 1 saturated heterocycles. The molecular weight excluding hydrogens is 668 g/mol. The Morgan fingerprint density at radius 3 is 2.02 bits per heavy atom. The molecule has 0 saturated carbocycles. The van der Waals surface area contributed by atoms with Gasteiger partial charge in [-0.3, -0.25) is 14.3 Å². The highest BCUT2D eigenvalue weighted by atomic mass is 32.2. The van der Waals surface area contributed by atoms with Crippen molar-refractivity contribution in [2.45, 2.75) is 16.9 Å². The molecule has 260 valence electrons. The molecule has 0 unspecified atom stereocenters. The van der Waals surface area contributed by atoms with Crippen LogP contribution in [0.15, 0.2) is 77.7 Å². The van der Waals surface area contributed by atoms with Gasteiger partial charge in [0, 0.05) is 23.1 Å². The SMILES string of the molecule is COc1ccc(S(=O)(=O)Nc2ccc(C(=O)N[C@@H]3c4cc5c(cc4[C@@H](c4cc(OC)c(OC)c(OC)c4)[C@H]4C(=O)OC[C@@H]43)OCO5)cc2)cc1. The van der Waals surface area contributed by atoms with Gasteiger partial charge in [0.2, 0.25) is 12.5 Å². The molecule has 2 N–H and O–H groups in total. The number of hydrogen-bond donors (Lipinski definition) is 2. The van der Waals surface area contributed by atoms with Crippen LogP contribution >= 0.6 is 0 Å². The van der Waals surface area contributed by atoms with Crippen LogP contribution in [0, 0.1) is 11.8 Å². The second kappa shape index (κ2) is 13.0. The van der Waals surface area contributed by atoms with Crippen molar-refractivity contribution in [3.8, 4) is 34.5 Å². The molecule has 4 atom stereocenters. The van der Waals surface area contributed by atoms with Crippen molar-refractivity contribution in [1.29, 1.82) is 0 Å². The number of carbonyl (C=O) groups is 2. The van der Waals surface area contributed by atoms with Crippen LogP contribution < -0.4 is 38.5 Å². The summed E-state index contributed by atoms with van der Waals surface area (Å²) in [7, 11) is 2.17. The molecule has 7 rings (SSSR count). The van der Waals surface area contributed by atoms with E-state index >= 15 is 0 Å². The first-order chi connectivity index (χ1) is 24.1. The van der Waals surface area contributed by atoms with Gasteiger partial charge in [-0.15, -0.1) is 0 Å². The Hall–Kier alpha value is -5.63. The summed E-state index contributed by atoms with van der Waals surface area (Å²) in [4.78, 5) is 27.4. The number of hydrogen-bond acceptors (Lipinski definition) is 11. The van der Waals surface area contributed by atoms with Crippen LogP contribution in [0.25, 0.3) is 0 Å². The molecule has 4 aromatic rings. The number of benzene rings is 4. The average Bonchev–Trinajstić information content (AvgIpc) is 3.76. The number of amides is 1. The Morgan fingerprint density at radius 1 is 0.780 bits per heavy atom. The number of fused-ring (bicyclic) bond motifs is 3. The van der Waals surface area contributed by atoms with Crippen molar-refractivity contribution in [2.24, 2.45) is 11.8 Å². The predicted molar refractivity (Wildman–Crippen MR) is 179 cm³/mol. The number of nitrogens with one attached hydrogen (secondary N) is 2. The van der Waals surface area contributed by atoms with Gasteiger partial charge in [-0.05, 0) is 89.5 Å². The normalized spacial score (nSPS) is 20.2. The van der Waals surface area contributed by atoms with Crippen LogP contribution in [-0.2, 0) is 19.6 Å². The molecule has 0 bridgehead atoms. The first-order valence-corrected chi connectivity index (χ1v) is 17.1. The molecule has 4 aromatic carbocycles. The third-order valence-corrected chi connectivity index (χ3v) is 10.7. The van der Waals surface area contributed by atoms with E-state index in [2.05, 4.69) is 10.0 Å². The minimum absolute atomic E-state index is 0.0353. The predicted octanol–water partition coefficient (Wildman–Crippen LogP) is 4.66. The van der Waals surface area contributed by atoms with E-state index in [1.54, 1.807) is 12.1 Å². The van der Waals surface area contributed by atoms with E-state index in [9.17, 15) is 18.0 Å². The maximum absolute atomic E-state index is 13.8. The second-order valence-electron chi connectivity index (χ2n) is 11.9. The summed E-state index contributed by atoms with van der Waals surface area (Å²) >= 11 is 0. The van der Waals surface area contributed by atoms with Crippen molar-refractivity contribution in [1.82, 2.24) is 5.32 Å². The molecule has 0 radical (unpaired) electrons. The van der Waals surface area contributed by atoms with E-state index < -0.39 is 45.7 Å². The van der Waals surface area contributed by atoms with Gasteiger partial charge in [-0.2, -0.15) is 0 Å². The summed E-state index contributed by atoms with van der Waals surface area (Å²) in [6.45, 7) is 0.114. The van der Waals surface area contributed by atoms with Gasteiger partial charge >= 0.3 is 5.97 Å². The molecule has 1 aliphatic carbocycles. The fourth-order valence-corrected chi connectivity index (χ4v) is 7.97. The van der Waals surface area contributed by atoms with Crippen LogP contribution in [0.2, 0.25) is 0 Å². The Bertz CT molecular complexity index is 2040. The number of anilines is 1. The van der Waals surface area contributed by atoms with Gasteiger partial charge in [0.05, 0.1) is 51.9 Å². The Morgan fingerprint density at radius 2 is 1.42 bits per heavy atom. The molecule has 14 heteroatoms. The fraction of sp³-hybridized carbons (Fsp3) is 0.278. The zero-order valence-electron chi connectivity index (χ0n) is 27.6. The lowest BCUT2D eigenvalue weighted by atomic mass is 9.65. The lowest BCUT2D eigenvalue weighted by Gasteiger charge is -2.39. The van der Waals surface area contributed by atoms with Gasteiger partial charge in [0.15, 0.2) is 23.0 Å². The van der Waals surface area contributed by atoms with Crippen molar-refractivity contribution in [3.63, 3.8) is 0 Å². The second-order valence-corrected chi connectivity index (χ2v) is 13.6. The minimum Gasteiger partial charge on any atom is -0.497 e. The van der Waals surface area contributed by atoms with Crippen LogP contribution in [-0.4, -0.2) is 62.1 Å². The quantitative estimate of drug-likeness (QED) is 0.222.